The van der Waals surface area contributed by atoms with Gasteiger partial charge in [0.25, 0.3) is 0 Å². The van der Waals surface area contributed by atoms with Gasteiger partial charge in [0.2, 0.25) is 5.91 Å². The number of nitrogens with zero attached hydrogens (tertiary/aromatic N) is 1. The number of carbonyl (C=O) groups is 1. The van der Waals surface area contributed by atoms with E-state index < -0.39 is 5.60 Å². The Balaban J connectivity index is 1.26. The molecule has 1 amide bonds. The third kappa shape index (κ3) is 5.06. The van der Waals surface area contributed by atoms with Crippen molar-refractivity contribution in [1.29, 1.82) is 0 Å². The minimum atomic E-state index is -0.775. The highest BCUT2D eigenvalue weighted by Gasteiger charge is 2.34. The number of nitrogens with one attached hydrogen (secondary N) is 1. The van der Waals surface area contributed by atoms with Crippen LogP contribution in [-0.2, 0) is 10.4 Å². The van der Waals surface area contributed by atoms with Crippen LogP contribution >= 0.6 is 0 Å². The first-order valence-electron chi connectivity index (χ1n) is 11.0. The number of rotatable bonds is 5. The molecule has 4 nitrogen and oxygen atoms in total. The summed E-state index contributed by atoms with van der Waals surface area (Å²) in [5.74, 6) is 0.700. The predicted octanol–water partition coefficient (Wildman–Crippen LogP) is 4.66. The maximum atomic E-state index is 12.5. The Bertz CT molecular complexity index is 789. The zero-order chi connectivity index (χ0) is 20.1. The molecule has 29 heavy (non-hydrogen) atoms. The van der Waals surface area contributed by atoms with Gasteiger partial charge >= 0.3 is 0 Å². The van der Waals surface area contributed by atoms with E-state index in [4.69, 9.17) is 0 Å². The predicted molar refractivity (Wildman–Crippen MR) is 117 cm³/mol. The lowest BCUT2D eigenvalue weighted by Crippen LogP contribution is -2.45. The summed E-state index contributed by atoms with van der Waals surface area (Å²) in [5, 5.41) is 14.0. The molecular formula is C25H32N2O2. The maximum absolute atomic E-state index is 12.5. The van der Waals surface area contributed by atoms with Gasteiger partial charge in [-0.3, -0.25) is 9.69 Å². The molecule has 0 radical (unpaired) electrons. The number of anilines is 1. The molecule has 154 valence electrons. The zero-order valence-corrected chi connectivity index (χ0v) is 17.1. The summed E-state index contributed by atoms with van der Waals surface area (Å²) in [6.07, 6.45) is 7.91. The molecule has 1 aliphatic heterocycles. The number of hydrogen-bond donors (Lipinski definition) is 2. The van der Waals surface area contributed by atoms with Gasteiger partial charge < -0.3 is 10.4 Å². The molecule has 2 aliphatic rings. The summed E-state index contributed by atoms with van der Waals surface area (Å²) in [6.45, 7) is 1.81. The van der Waals surface area contributed by atoms with Gasteiger partial charge in [-0.2, -0.15) is 0 Å². The summed E-state index contributed by atoms with van der Waals surface area (Å²) in [6, 6.07) is 18.3. The first-order valence-corrected chi connectivity index (χ1v) is 11.0. The Morgan fingerprint density at radius 3 is 2.28 bits per heavy atom. The largest absolute Gasteiger partial charge is 0.385 e. The lowest BCUT2D eigenvalue weighted by atomic mass is 9.84. The minimum absolute atomic E-state index is 0.0144. The first kappa shape index (κ1) is 20.1. The second kappa shape index (κ2) is 9.10. The smallest absolute Gasteiger partial charge is 0.238 e. The number of aliphatic hydroxyl groups is 1. The Kier molecular flexibility index (Phi) is 6.31. The summed E-state index contributed by atoms with van der Waals surface area (Å²) in [7, 11) is 0. The van der Waals surface area contributed by atoms with Crippen LogP contribution < -0.4 is 5.32 Å². The first-order chi connectivity index (χ1) is 14.1. The molecule has 4 rings (SSSR count). The van der Waals surface area contributed by atoms with Crippen LogP contribution in [0.25, 0.3) is 0 Å². The van der Waals surface area contributed by atoms with E-state index in [1.165, 1.54) is 37.7 Å². The molecule has 2 fully saturated rings. The second-order valence-corrected chi connectivity index (χ2v) is 8.68. The minimum Gasteiger partial charge on any atom is -0.385 e. The van der Waals surface area contributed by atoms with E-state index in [1.54, 1.807) is 0 Å². The van der Waals surface area contributed by atoms with E-state index in [0.717, 1.165) is 24.3 Å². The van der Waals surface area contributed by atoms with E-state index in [9.17, 15) is 9.90 Å². The van der Waals surface area contributed by atoms with Crippen molar-refractivity contribution < 1.29 is 9.90 Å². The molecule has 2 aromatic rings. The summed E-state index contributed by atoms with van der Waals surface area (Å²) < 4.78 is 0. The quantitative estimate of drug-likeness (QED) is 0.778. The van der Waals surface area contributed by atoms with Crippen molar-refractivity contribution in [3.63, 3.8) is 0 Å². The third-order valence-electron chi connectivity index (χ3n) is 6.63. The van der Waals surface area contributed by atoms with E-state index in [-0.39, 0.29) is 5.91 Å². The van der Waals surface area contributed by atoms with Crippen LogP contribution in [0.3, 0.4) is 0 Å². The van der Waals surface area contributed by atoms with Crippen LogP contribution in [0.4, 0.5) is 5.69 Å². The summed E-state index contributed by atoms with van der Waals surface area (Å²) in [4.78, 5) is 14.6. The fourth-order valence-electron chi connectivity index (χ4n) is 4.80. The Hall–Kier alpha value is -2.17. The lowest BCUT2D eigenvalue weighted by Gasteiger charge is -2.38. The third-order valence-corrected chi connectivity index (χ3v) is 6.63. The van der Waals surface area contributed by atoms with Gasteiger partial charge in [-0.15, -0.1) is 0 Å². The Labute approximate surface area is 173 Å². The monoisotopic (exact) mass is 392 g/mol. The number of likely N-dealkylation sites (tertiary alicyclic amines) is 1. The molecule has 0 atom stereocenters. The summed E-state index contributed by atoms with van der Waals surface area (Å²) in [5.41, 5.74) is 2.47. The molecule has 1 saturated carbocycles. The second-order valence-electron chi connectivity index (χ2n) is 8.68. The van der Waals surface area contributed by atoms with Crippen LogP contribution in [-0.4, -0.2) is 35.5 Å². The van der Waals surface area contributed by atoms with Crippen LogP contribution in [0.1, 0.15) is 62.0 Å². The molecule has 1 aliphatic carbocycles. The topological polar surface area (TPSA) is 52.6 Å². The van der Waals surface area contributed by atoms with E-state index >= 15 is 0 Å². The Morgan fingerprint density at radius 2 is 1.62 bits per heavy atom. The fourth-order valence-corrected chi connectivity index (χ4v) is 4.80. The van der Waals surface area contributed by atoms with Crippen molar-refractivity contribution >= 4 is 11.6 Å². The average molecular weight is 393 g/mol. The Morgan fingerprint density at radius 1 is 0.966 bits per heavy atom. The highest BCUT2D eigenvalue weighted by Crippen LogP contribution is 2.34. The maximum Gasteiger partial charge on any atom is 0.238 e. The standard InChI is InChI=1S/C25H32N2O2/c28-24(26-23-13-11-21(12-14-23)20-7-3-1-4-8-20)19-27-17-15-25(29,16-18-27)22-9-5-2-6-10-22/h2,5-6,9-14,20,29H,1,3-4,7-8,15-19H2,(H,26,28). The van der Waals surface area contributed by atoms with Gasteiger partial charge in [-0.25, -0.2) is 0 Å². The molecular weight excluding hydrogens is 360 g/mol. The fraction of sp³-hybridized carbons (Fsp3) is 0.480. The average Bonchev–Trinajstić information content (AvgIpc) is 2.77. The normalized spacial score (nSPS) is 20.3. The van der Waals surface area contributed by atoms with Crippen molar-refractivity contribution in [2.45, 2.75) is 56.5 Å². The number of benzene rings is 2. The molecule has 2 N–H and O–H groups in total. The molecule has 0 unspecified atom stereocenters. The van der Waals surface area contributed by atoms with Gasteiger partial charge in [0.1, 0.15) is 0 Å². The number of amides is 1. The van der Waals surface area contributed by atoms with Crippen molar-refractivity contribution in [2.24, 2.45) is 0 Å². The van der Waals surface area contributed by atoms with Crippen LogP contribution in [0.2, 0.25) is 0 Å². The number of piperidine rings is 1. The van der Waals surface area contributed by atoms with Crippen molar-refractivity contribution in [3.8, 4) is 0 Å². The molecule has 2 aromatic carbocycles. The molecule has 1 saturated heterocycles. The van der Waals surface area contributed by atoms with Crippen molar-refractivity contribution in [3.05, 3.63) is 65.7 Å². The number of carbonyl (C=O) groups excluding carboxylic acids is 1. The van der Waals surface area contributed by atoms with Gasteiger partial charge in [-0.05, 0) is 54.9 Å². The highest BCUT2D eigenvalue weighted by molar-refractivity contribution is 5.92. The molecule has 1 heterocycles. The zero-order valence-electron chi connectivity index (χ0n) is 17.1. The van der Waals surface area contributed by atoms with Crippen LogP contribution in [0.15, 0.2) is 54.6 Å². The molecule has 0 aromatic heterocycles. The molecule has 0 bridgehead atoms. The van der Waals surface area contributed by atoms with E-state index in [0.29, 0.717) is 25.3 Å². The van der Waals surface area contributed by atoms with E-state index in [2.05, 4.69) is 22.3 Å². The summed E-state index contributed by atoms with van der Waals surface area (Å²) >= 11 is 0. The molecule has 0 spiro atoms. The van der Waals surface area contributed by atoms with Gasteiger partial charge in [0.15, 0.2) is 0 Å². The van der Waals surface area contributed by atoms with Gasteiger partial charge in [-0.1, -0.05) is 61.7 Å². The van der Waals surface area contributed by atoms with Crippen LogP contribution in [0, 0.1) is 0 Å². The van der Waals surface area contributed by atoms with Gasteiger partial charge in [0, 0.05) is 18.8 Å². The molecule has 4 heteroatoms. The SMILES string of the molecule is O=C(CN1CCC(O)(c2ccccc2)CC1)Nc1ccc(C2CCCCC2)cc1. The van der Waals surface area contributed by atoms with Crippen LogP contribution in [0.5, 0.6) is 0 Å². The van der Waals surface area contributed by atoms with E-state index in [1.807, 2.05) is 42.5 Å². The van der Waals surface area contributed by atoms with Gasteiger partial charge in [0.05, 0.1) is 12.1 Å². The highest BCUT2D eigenvalue weighted by atomic mass is 16.3. The lowest BCUT2D eigenvalue weighted by molar-refractivity contribution is -0.118. The number of hydrogen-bond acceptors (Lipinski definition) is 3. The van der Waals surface area contributed by atoms with Crippen molar-refractivity contribution in [1.82, 2.24) is 4.90 Å². The van der Waals surface area contributed by atoms with Crippen molar-refractivity contribution in [2.75, 3.05) is 25.0 Å².